The average Bonchev–Trinajstić information content (AvgIpc) is 3.23. The summed E-state index contributed by atoms with van der Waals surface area (Å²) in [5.74, 6) is 1.56. The van der Waals surface area contributed by atoms with Crippen LogP contribution in [0.2, 0.25) is 0 Å². The molecule has 0 radical (unpaired) electrons. The topological polar surface area (TPSA) is 73.1 Å². The van der Waals surface area contributed by atoms with Crippen molar-refractivity contribution < 1.29 is 9.53 Å². The van der Waals surface area contributed by atoms with E-state index in [0.29, 0.717) is 24.5 Å². The predicted octanol–water partition coefficient (Wildman–Crippen LogP) is 3.13. The van der Waals surface area contributed by atoms with E-state index >= 15 is 0 Å². The summed E-state index contributed by atoms with van der Waals surface area (Å²) in [5.41, 5.74) is 1.38. The fourth-order valence-electron chi connectivity index (χ4n) is 4.00. The highest BCUT2D eigenvalue weighted by Crippen LogP contribution is 2.37. The van der Waals surface area contributed by atoms with Crippen molar-refractivity contribution in [3.8, 4) is 11.6 Å². The first-order chi connectivity index (χ1) is 14.2. The fraction of sp³-hybridized carbons (Fsp3) is 0.273. The Morgan fingerprint density at radius 2 is 1.93 bits per heavy atom. The predicted molar refractivity (Wildman–Crippen MR) is 108 cm³/mol. The molecule has 7 heteroatoms. The van der Waals surface area contributed by atoms with Crippen LogP contribution in [0.1, 0.15) is 35.2 Å². The molecule has 4 heterocycles. The maximum absolute atomic E-state index is 13.1. The van der Waals surface area contributed by atoms with Gasteiger partial charge in [-0.2, -0.15) is 0 Å². The highest BCUT2D eigenvalue weighted by molar-refractivity contribution is 5.94. The van der Waals surface area contributed by atoms with Crippen LogP contribution in [0.25, 0.3) is 11.9 Å². The Morgan fingerprint density at radius 3 is 2.83 bits per heavy atom. The summed E-state index contributed by atoms with van der Waals surface area (Å²) in [6.45, 7) is 1.36. The highest BCUT2D eigenvalue weighted by atomic mass is 16.5. The van der Waals surface area contributed by atoms with E-state index < -0.39 is 0 Å². The second kappa shape index (κ2) is 7.16. The minimum absolute atomic E-state index is 0.0129. The molecule has 29 heavy (non-hydrogen) atoms. The largest absolute Gasteiger partial charge is 0.483 e. The second-order valence-corrected chi connectivity index (χ2v) is 7.46. The third-order valence-electron chi connectivity index (χ3n) is 5.59. The zero-order valence-electron chi connectivity index (χ0n) is 15.9. The summed E-state index contributed by atoms with van der Waals surface area (Å²) in [7, 11) is 0. The third kappa shape index (κ3) is 3.40. The van der Waals surface area contributed by atoms with E-state index in [2.05, 4.69) is 33.4 Å². The van der Waals surface area contributed by atoms with Gasteiger partial charge in [-0.1, -0.05) is 24.3 Å². The molecule has 2 aliphatic heterocycles. The van der Waals surface area contributed by atoms with Crippen LogP contribution in [0, 0.1) is 0 Å². The van der Waals surface area contributed by atoms with Crippen molar-refractivity contribution in [3.05, 3.63) is 72.5 Å². The van der Waals surface area contributed by atoms with Gasteiger partial charge in [0.15, 0.2) is 0 Å². The number of para-hydroxylation sites is 1. The number of amides is 1. The first kappa shape index (κ1) is 17.6. The Labute approximate surface area is 168 Å². The lowest BCUT2D eigenvalue weighted by Gasteiger charge is -2.34. The van der Waals surface area contributed by atoms with Gasteiger partial charge in [0.2, 0.25) is 0 Å². The molecule has 2 aromatic heterocycles. The molecular weight excluding hydrogens is 366 g/mol. The van der Waals surface area contributed by atoms with Gasteiger partial charge in [0.05, 0.1) is 0 Å². The number of nitrogens with zero attached hydrogens (tertiary/aromatic N) is 5. The Morgan fingerprint density at radius 1 is 1.07 bits per heavy atom. The van der Waals surface area contributed by atoms with E-state index in [0.717, 1.165) is 30.6 Å². The van der Waals surface area contributed by atoms with Gasteiger partial charge >= 0.3 is 0 Å². The van der Waals surface area contributed by atoms with E-state index in [1.165, 1.54) is 0 Å². The summed E-state index contributed by atoms with van der Waals surface area (Å²) in [6.07, 6.45) is 11.6. The number of pyridine rings is 1. The summed E-state index contributed by atoms with van der Waals surface area (Å²) in [6, 6.07) is 11.6. The van der Waals surface area contributed by atoms with Gasteiger partial charge < -0.3 is 9.64 Å². The number of fused-ring (bicyclic) bond motifs is 1. The fourth-order valence-corrected chi connectivity index (χ4v) is 4.00. The molecule has 1 aromatic carbocycles. The van der Waals surface area contributed by atoms with Crippen LogP contribution in [0.4, 0.5) is 0 Å². The average molecular weight is 387 g/mol. The molecule has 1 spiro atoms. The van der Waals surface area contributed by atoms with Gasteiger partial charge in [-0.3, -0.25) is 9.36 Å². The minimum atomic E-state index is -0.338. The van der Waals surface area contributed by atoms with E-state index in [1.54, 1.807) is 35.6 Å². The lowest BCUT2D eigenvalue weighted by atomic mass is 9.91. The smallest absolute Gasteiger partial charge is 0.254 e. The maximum atomic E-state index is 13.1. The van der Waals surface area contributed by atoms with Gasteiger partial charge in [-0.05, 0) is 37.1 Å². The normalized spacial score (nSPS) is 20.8. The number of hydrogen-bond acceptors (Lipinski definition) is 5. The first-order valence-electron chi connectivity index (χ1n) is 9.80. The molecule has 146 valence electrons. The lowest BCUT2D eigenvalue weighted by molar-refractivity contribution is 0.0730. The van der Waals surface area contributed by atoms with Gasteiger partial charge in [0.1, 0.15) is 29.8 Å². The first-order valence-corrected chi connectivity index (χ1v) is 9.80. The standard InChI is InChI=1S/C22H21N5O2/c28-21(18-7-11-23-20(14-18)27-15-24-25-16-27)26-12-3-8-22(10-13-26)9-6-17-4-1-2-5-19(17)29-22/h1-2,4-7,9,11,14-16H,3,8,10,12-13H2. The van der Waals surface area contributed by atoms with Crippen molar-refractivity contribution in [2.45, 2.75) is 24.9 Å². The molecule has 0 N–H and O–H groups in total. The zero-order chi connectivity index (χ0) is 19.7. The molecule has 1 saturated heterocycles. The summed E-state index contributed by atoms with van der Waals surface area (Å²) in [5, 5.41) is 7.59. The monoisotopic (exact) mass is 387 g/mol. The Bertz CT molecular complexity index is 1060. The zero-order valence-corrected chi connectivity index (χ0v) is 15.9. The quantitative estimate of drug-likeness (QED) is 0.675. The van der Waals surface area contributed by atoms with Crippen LogP contribution in [0.5, 0.6) is 5.75 Å². The molecule has 1 atom stereocenters. The van der Waals surface area contributed by atoms with Crippen LogP contribution in [0.3, 0.4) is 0 Å². The molecule has 1 amide bonds. The molecule has 0 aliphatic carbocycles. The number of ether oxygens (including phenoxy) is 1. The number of benzene rings is 1. The molecular formula is C22H21N5O2. The SMILES string of the molecule is O=C(c1ccnc(-n2cnnc2)c1)N1CCCC2(C=Cc3ccccc3O2)CC1. The number of carbonyl (C=O) groups excluding carboxylic acids is 1. The molecule has 0 bridgehead atoms. The van der Waals surface area contributed by atoms with Crippen LogP contribution in [0.15, 0.2) is 61.3 Å². The second-order valence-electron chi connectivity index (χ2n) is 7.46. The molecule has 0 saturated carbocycles. The summed E-state index contributed by atoms with van der Waals surface area (Å²) >= 11 is 0. The van der Waals surface area contributed by atoms with Gasteiger partial charge in [0, 0.05) is 36.8 Å². The minimum Gasteiger partial charge on any atom is -0.483 e. The van der Waals surface area contributed by atoms with Crippen molar-refractivity contribution in [2.24, 2.45) is 0 Å². The number of rotatable bonds is 2. The number of likely N-dealkylation sites (tertiary alicyclic amines) is 1. The molecule has 5 rings (SSSR count). The third-order valence-corrected chi connectivity index (χ3v) is 5.59. The Hall–Kier alpha value is -3.48. The van der Waals surface area contributed by atoms with Crippen molar-refractivity contribution in [1.82, 2.24) is 24.6 Å². The Balaban J connectivity index is 1.33. The molecule has 3 aromatic rings. The van der Waals surface area contributed by atoms with Gasteiger partial charge in [-0.15, -0.1) is 10.2 Å². The Kier molecular flexibility index (Phi) is 4.35. The maximum Gasteiger partial charge on any atom is 0.254 e. The van der Waals surface area contributed by atoms with Crippen LogP contribution in [-0.2, 0) is 0 Å². The van der Waals surface area contributed by atoms with E-state index in [-0.39, 0.29) is 11.5 Å². The van der Waals surface area contributed by atoms with Crippen molar-refractivity contribution >= 4 is 12.0 Å². The lowest BCUT2D eigenvalue weighted by Crippen LogP contribution is -2.38. The summed E-state index contributed by atoms with van der Waals surface area (Å²) in [4.78, 5) is 19.4. The number of hydrogen-bond donors (Lipinski definition) is 0. The molecule has 2 aliphatic rings. The van der Waals surface area contributed by atoms with Gasteiger partial charge in [0.25, 0.3) is 5.91 Å². The van der Waals surface area contributed by atoms with E-state index in [9.17, 15) is 4.79 Å². The number of carbonyl (C=O) groups is 1. The molecule has 1 fully saturated rings. The highest BCUT2D eigenvalue weighted by Gasteiger charge is 2.35. The van der Waals surface area contributed by atoms with Crippen LogP contribution >= 0.6 is 0 Å². The van der Waals surface area contributed by atoms with Gasteiger partial charge in [-0.25, -0.2) is 4.98 Å². The molecule has 1 unspecified atom stereocenters. The van der Waals surface area contributed by atoms with Crippen molar-refractivity contribution in [1.29, 1.82) is 0 Å². The van der Waals surface area contributed by atoms with Crippen molar-refractivity contribution in [2.75, 3.05) is 13.1 Å². The molecule has 7 nitrogen and oxygen atoms in total. The number of aromatic nitrogens is 4. The van der Waals surface area contributed by atoms with E-state index in [1.807, 2.05) is 23.1 Å². The van der Waals surface area contributed by atoms with E-state index in [4.69, 9.17) is 4.74 Å². The van der Waals surface area contributed by atoms with Crippen LogP contribution < -0.4 is 4.74 Å². The van der Waals surface area contributed by atoms with Crippen molar-refractivity contribution in [3.63, 3.8) is 0 Å². The van der Waals surface area contributed by atoms with Crippen LogP contribution in [-0.4, -0.2) is 49.2 Å². The summed E-state index contributed by atoms with van der Waals surface area (Å²) < 4.78 is 8.08.